The number of nitrogens with two attached hydrogens (primary N) is 1. The van der Waals surface area contributed by atoms with Crippen LogP contribution in [0.4, 0.5) is 0 Å². The van der Waals surface area contributed by atoms with Gasteiger partial charge in [0, 0.05) is 5.02 Å². The van der Waals surface area contributed by atoms with Crippen LogP contribution in [-0.2, 0) is 6.42 Å². The third-order valence-electron chi connectivity index (χ3n) is 2.83. The summed E-state index contributed by atoms with van der Waals surface area (Å²) in [5.74, 6) is 0. The fraction of sp³-hybridized carbons (Fsp3) is 0.200. The van der Waals surface area contributed by atoms with Gasteiger partial charge >= 0.3 is 0 Å². The van der Waals surface area contributed by atoms with E-state index in [0.29, 0.717) is 6.54 Å². The molecule has 0 atom stereocenters. The maximum absolute atomic E-state index is 5.91. The molecule has 96 valence electrons. The SMILES string of the molecule is Cc1ccc(CCN)c(-c2ccc(Cl)cc2)c1.Cl. The number of hydrogen-bond donors (Lipinski definition) is 1. The largest absolute Gasteiger partial charge is 0.330 e. The van der Waals surface area contributed by atoms with Gasteiger partial charge in [0.25, 0.3) is 0 Å². The standard InChI is InChI=1S/C15H16ClN.ClH/c1-11-2-3-13(8-9-17)15(10-11)12-4-6-14(16)7-5-12;/h2-7,10H,8-9,17H2,1H3;1H. The van der Waals surface area contributed by atoms with Crippen molar-refractivity contribution in [2.45, 2.75) is 13.3 Å². The van der Waals surface area contributed by atoms with Crippen LogP contribution in [-0.4, -0.2) is 6.54 Å². The topological polar surface area (TPSA) is 26.0 Å². The van der Waals surface area contributed by atoms with Gasteiger partial charge in [-0.15, -0.1) is 12.4 Å². The second kappa shape index (κ2) is 6.79. The van der Waals surface area contributed by atoms with Crippen LogP contribution < -0.4 is 5.73 Å². The molecule has 0 radical (unpaired) electrons. The molecule has 2 aromatic carbocycles. The molecule has 18 heavy (non-hydrogen) atoms. The van der Waals surface area contributed by atoms with Gasteiger partial charge in [0.05, 0.1) is 0 Å². The molecule has 0 heterocycles. The second-order valence-electron chi connectivity index (χ2n) is 4.21. The highest BCUT2D eigenvalue weighted by molar-refractivity contribution is 6.30. The van der Waals surface area contributed by atoms with Crippen molar-refractivity contribution in [3.63, 3.8) is 0 Å². The van der Waals surface area contributed by atoms with Crippen LogP contribution in [0.25, 0.3) is 11.1 Å². The lowest BCUT2D eigenvalue weighted by Gasteiger charge is -2.10. The number of halogens is 2. The van der Waals surface area contributed by atoms with Gasteiger partial charge in [-0.05, 0) is 48.7 Å². The second-order valence-corrected chi connectivity index (χ2v) is 4.64. The molecular formula is C15H17Cl2N. The molecule has 0 aromatic heterocycles. The molecule has 0 aliphatic rings. The number of aryl methyl sites for hydroxylation is 1. The molecule has 0 saturated heterocycles. The molecule has 2 aromatic rings. The minimum absolute atomic E-state index is 0. The van der Waals surface area contributed by atoms with Gasteiger partial charge in [-0.2, -0.15) is 0 Å². The van der Waals surface area contributed by atoms with Crippen LogP contribution in [0.2, 0.25) is 5.02 Å². The van der Waals surface area contributed by atoms with Crippen LogP contribution in [0.1, 0.15) is 11.1 Å². The summed E-state index contributed by atoms with van der Waals surface area (Å²) in [6.07, 6.45) is 0.901. The molecule has 0 bridgehead atoms. The quantitative estimate of drug-likeness (QED) is 0.895. The van der Waals surface area contributed by atoms with Crippen molar-refractivity contribution in [1.82, 2.24) is 0 Å². The van der Waals surface area contributed by atoms with Gasteiger partial charge in [0.15, 0.2) is 0 Å². The van der Waals surface area contributed by atoms with E-state index in [1.807, 2.05) is 12.1 Å². The fourth-order valence-electron chi connectivity index (χ4n) is 1.96. The van der Waals surface area contributed by atoms with Crippen molar-refractivity contribution in [2.24, 2.45) is 5.73 Å². The molecule has 0 aliphatic heterocycles. The van der Waals surface area contributed by atoms with Crippen molar-refractivity contribution in [1.29, 1.82) is 0 Å². The molecule has 3 heteroatoms. The Morgan fingerprint density at radius 1 is 1.06 bits per heavy atom. The Morgan fingerprint density at radius 2 is 1.72 bits per heavy atom. The molecule has 2 N–H and O–H groups in total. The van der Waals surface area contributed by atoms with Crippen molar-refractivity contribution >= 4 is 24.0 Å². The average Bonchev–Trinajstić information content (AvgIpc) is 2.33. The van der Waals surface area contributed by atoms with E-state index in [2.05, 4.69) is 37.3 Å². The summed E-state index contributed by atoms with van der Waals surface area (Å²) in [5, 5.41) is 0.766. The van der Waals surface area contributed by atoms with Crippen LogP contribution in [0.3, 0.4) is 0 Å². The van der Waals surface area contributed by atoms with E-state index in [1.165, 1.54) is 22.3 Å². The zero-order valence-corrected chi connectivity index (χ0v) is 11.9. The minimum atomic E-state index is 0. The Labute approximate surface area is 119 Å². The van der Waals surface area contributed by atoms with Gasteiger partial charge in [-0.1, -0.05) is 47.5 Å². The lowest BCUT2D eigenvalue weighted by atomic mass is 9.96. The van der Waals surface area contributed by atoms with E-state index < -0.39 is 0 Å². The van der Waals surface area contributed by atoms with E-state index >= 15 is 0 Å². The molecule has 0 saturated carbocycles. The minimum Gasteiger partial charge on any atom is -0.330 e. The summed E-state index contributed by atoms with van der Waals surface area (Å²) < 4.78 is 0. The summed E-state index contributed by atoms with van der Waals surface area (Å²) in [6, 6.07) is 14.4. The maximum Gasteiger partial charge on any atom is 0.0406 e. The highest BCUT2D eigenvalue weighted by atomic mass is 35.5. The van der Waals surface area contributed by atoms with E-state index in [9.17, 15) is 0 Å². The first-order chi connectivity index (χ1) is 8.20. The lowest BCUT2D eigenvalue weighted by molar-refractivity contribution is 0.970. The highest BCUT2D eigenvalue weighted by Gasteiger charge is 2.05. The molecule has 0 spiro atoms. The fourth-order valence-corrected chi connectivity index (χ4v) is 2.09. The Hall–Kier alpha value is -1.02. The summed E-state index contributed by atoms with van der Waals surface area (Å²) >= 11 is 5.91. The third kappa shape index (κ3) is 3.49. The highest BCUT2D eigenvalue weighted by Crippen LogP contribution is 2.26. The lowest BCUT2D eigenvalue weighted by Crippen LogP contribution is -2.04. The van der Waals surface area contributed by atoms with Crippen LogP contribution >= 0.6 is 24.0 Å². The predicted octanol–water partition coefficient (Wildman–Crippen LogP) is 4.24. The number of benzene rings is 2. The smallest absolute Gasteiger partial charge is 0.0406 e. The Bertz CT molecular complexity index is 506. The summed E-state index contributed by atoms with van der Waals surface area (Å²) in [6.45, 7) is 2.77. The van der Waals surface area contributed by atoms with E-state index in [4.69, 9.17) is 17.3 Å². The van der Waals surface area contributed by atoms with Crippen molar-refractivity contribution in [3.8, 4) is 11.1 Å². The van der Waals surface area contributed by atoms with Gasteiger partial charge in [-0.3, -0.25) is 0 Å². The Morgan fingerprint density at radius 3 is 2.33 bits per heavy atom. The molecule has 1 nitrogen and oxygen atoms in total. The zero-order valence-electron chi connectivity index (χ0n) is 10.3. The maximum atomic E-state index is 5.91. The van der Waals surface area contributed by atoms with Crippen molar-refractivity contribution < 1.29 is 0 Å². The average molecular weight is 282 g/mol. The molecule has 0 aliphatic carbocycles. The summed E-state index contributed by atoms with van der Waals surface area (Å²) in [5.41, 5.74) is 10.7. The van der Waals surface area contributed by atoms with Crippen LogP contribution in [0.15, 0.2) is 42.5 Å². The number of hydrogen-bond acceptors (Lipinski definition) is 1. The van der Waals surface area contributed by atoms with Gasteiger partial charge in [0.2, 0.25) is 0 Å². The van der Waals surface area contributed by atoms with Gasteiger partial charge < -0.3 is 5.73 Å². The Kier molecular flexibility index (Phi) is 5.67. The van der Waals surface area contributed by atoms with Crippen LogP contribution in [0.5, 0.6) is 0 Å². The van der Waals surface area contributed by atoms with Crippen molar-refractivity contribution in [2.75, 3.05) is 6.54 Å². The third-order valence-corrected chi connectivity index (χ3v) is 3.09. The first-order valence-electron chi connectivity index (χ1n) is 5.76. The van der Waals surface area contributed by atoms with Gasteiger partial charge in [0.1, 0.15) is 0 Å². The van der Waals surface area contributed by atoms with Gasteiger partial charge in [-0.25, -0.2) is 0 Å². The van der Waals surface area contributed by atoms with E-state index in [0.717, 1.165) is 11.4 Å². The van der Waals surface area contributed by atoms with Crippen LogP contribution in [0, 0.1) is 6.92 Å². The molecule has 0 amide bonds. The molecule has 0 fully saturated rings. The van der Waals surface area contributed by atoms with Crippen molar-refractivity contribution in [3.05, 3.63) is 58.6 Å². The number of rotatable bonds is 3. The normalized spacial score (nSPS) is 9.94. The zero-order chi connectivity index (χ0) is 12.3. The summed E-state index contributed by atoms with van der Waals surface area (Å²) in [4.78, 5) is 0. The molecule has 0 unspecified atom stereocenters. The first-order valence-corrected chi connectivity index (χ1v) is 6.14. The summed E-state index contributed by atoms with van der Waals surface area (Å²) in [7, 11) is 0. The predicted molar refractivity (Wildman–Crippen MR) is 81.6 cm³/mol. The van der Waals surface area contributed by atoms with E-state index in [1.54, 1.807) is 0 Å². The molecule has 2 rings (SSSR count). The Balaban J connectivity index is 0.00000162. The molecular weight excluding hydrogens is 265 g/mol. The monoisotopic (exact) mass is 281 g/mol. The first kappa shape index (κ1) is 15.0. The van der Waals surface area contributed by atoms with E-state index in [-0.39, 0.29) is 12.4 Å².